The maximum atomic E-state index is 12.3. The second-order valence-corrected chi connectivity index (χ2v) is 6.85. The van der Waals surface area contributed by atoms with Gasteiger partial charge in [0.25, 0.3) is 5.91 Å². The van der Waals surface area contributed by atoms with Gasteiger partial charge < -0.3 is 5.32 Å². The van der Waals surface area contributed by atoms with Crippen LogP contribution in [0.4, 0.5) is 0 Å². The molecular weight excluding hydrogens is 314 g/mol. The van der Waals surface area contributed by atoms with E-state index in [2.05, 4.69) is 16.2 Å². The second-order valence-electron chi connectivity index (χ2n) is 5.53. The minimum atomic E-state index is -0.162. The van der Waals surface area contributed by atoms with Crippen LogP contribution in [0, 0.1) is 0 Å². The van der Waals surface area contributed by atoms with Crippen molar-refractivity contribution in [1.29, 1.82) is 0 Å². The van der Waals surface area contributed by atoms with Gasteiger partial charge in [0.05, 0.1) is 5.56 Å². The van der Waals surface area contributed by atoms with E-state index in [-0.39, 0.29) is 5.91 Å². The number of thiophene rings is 1. The summed E-state index contributed by atoms with van der Waals surface area (Å²) in [6, 6.07) is 8.31. The molecule has 1 heterocycles. The Labute approximate surface area is 139 Å². The molecule has 0 bridgehead atoms. The van der Waals surface area contributed by atoms with E-state index < -0.39 is 0 Å². The molecule has 0 spiro atoms. The Balaban J connectivity index is 1.54. The van der Waals surface area contributed by atoms with Crippen LogP contribution in [-0.4, -0.2) is 17.1 Å². The lowest BCUT2D eigenvalue weighted by molar-refractivity contribution is 0.0945. The molecule has 116 valence electrons. The molecule has 1 aromatic carbocycles. The van der Waals surface area contributed by atoms with Crippen molar-refractivity contribution in [2.45, 2.75) is 38.1 Å². The van der Waals surface area contributed by atoms with Crippen LogP contribution in [0.25, 0.3) is 10.1 Å². The van der Waals surface area contributed by atoms with Crippen LogP contribution in [0.3, 0.4) is 0 Å². The molecule has 1 aliphatic carbocycles. The highest BCUT2D eigenvalue weighted by molar-refractivity contribution is 7.80. The number of carbonyl (C=O) groups is 1. The summed E-state index contributed by atoms with van der Waals surface area (Å²) in [5.41, 5.74) is 6.16. The van der Waals surface area contributed by atoms with Gasteiger partial charge in [-0.2, -0.15) is 0 Å². The van der Waals surface area contributed by atoms with Crippen molar-refractivity contribution in [3.63, 3.8) is 0 Å². The van der Waals surface area contributed by atoms with Crippen LogP contribution < -0.4 is 16.2 Å². The van der Waals surface area contributed by atoms with E-state index in [9.17, 15) is 4.79 Å². The SMILES string of the molecule is O=C(NNC(=S)NC1CCCCC1)c1csc2ccccc12. The first-order valence-corrected chi connectivity index (χ1v) is 8.86. The van der Waals surface area contributed by atoms with Crippen molar-refractivity contribution < 1.29 is 4.79 Å². The predicted octanol–water partition coefficient (Wildman–Crippen LogP) is 3.34. The highest BCUT2D eigenvalue weighted by Gasteiger charge is 2.15. The Morgan fingerprint density at radius 1 is 1.14 bits per heavy atom. The molecule has 1 saturated carbocycles. The van der Waals surface area contributed by atoms with Gasteiger partial charge in [-0.25, -0.2) is 0 Å². The van der Waals surface area contributed by atoms with Crippen LogP contribution in [0.5, 0.6) is 0 Å². The zero-order chi connectivity index (χ0) is 15.4. The van der Waals surface area contributed by atoms with Gasteiger partial charge >= 0.3 is 0 Å². The number of hydrogen-bond donors (Lipinski definition) is 3. The Hall–Kier alpha value is -1.66. The number of nitrogens with one attached hydrogen (secondary N) is 3. The highest BCUT2D eigenvalue weighted by atomic mass is 32.1. The summed E-state index contributed by atoms with van der Waals surface area (Å²) in [4.78, 5) is 12.3. The Bertz CT molecular complexity index is 677. The molecule has 1 amide bonds. The lowest BCUT2D eigenvalue weighted by Gasteiger charge is -2.24. The first kappa shape index (κ1) is 15.2. The average molecular weight is 333 g/mol. The standard InChI is InChI=1S/C16H19N3OS2/c20-15(13-10-22-14-9-5-4-8-12(13)14)18-19-16(21)17-11-6-2-1-3-7-11/h4-5,8-11H,1-3,6-7H2,(H,18,20)(H2,17,19,21). The van der Waals surface area contributed by atoms with Gasteiger partial charge in [0.1, 0.15) is 0 Å². The van der Waals surface area contributed by atoms with Crippen LogP contribution in [-0.2, 0) is 0 Å². The van der Waals surface area contributed by atoms with E-state index in [1.165, 1.54) is 19.3 Å². The van der Waals surface area contributed by atoms with Crippen LogP contribution in [0.2, 0.25) is 0 Å². The molecule has 22 heavy (non-hydrogen) atoms. The van der Waals surface area contributed by atoms with Crippen LogP contribution in [0.15, 0.2) is 29.6 Å². The fraction of sp³-hybridized carbons (Fsp3) is 0.375. The van der Waals surface area contributed by atoms with E-state index in [1.54, 1.807) is 11.3 Å². The molecule has 1 aliphatic rings. The van der Waals surface area contributed by atoms with Crippen molar-refractivity contribution in [2.24, 2.45) is 0 Å². The van der Waals surface area contributed by atoms with Crippen molar-refractivity contribution in [2.75, 3.05) is 0 Å². The van der Waals surface area contributed by atoms with Gasteiger partial charge in [-0.3, -0.25) is 15.6 Å². The zero-order valence-electron chi connectivity index (χ0n) is 12.2. The molecule has 0 radical (unpaired) electrons. The number of amides is 1. The number of rotatable bonds is 2. The molecule has 6 heteroatoms. The third-order valence-corrected chi connectivity index (χ3v) is 5.14. The molecular formula is C16H19N3OS2. The number of fused-ring (bicyclic) bond motifs is 1. The predicted molar refractivity (Wildman–Crippen MR) is 95.0 cm³/mol. The lowest BCUT2D eigenvalue weighted by atomic mass is 9.96. The molecule has 4 nitrogen and oxygen atoms in total. The summed E-state index contributed by atoms with van der Waals surface area (Å²) >= 11 is 6.81. The fourth-order valence-corrected chi connectivity index (χ4v) is 3.96. The summed E-state index contributed by atoms with van der Waals surface area (Å²) < 4.78 is 1.11. The van der Waals surface area contributed by atoms with E-state index in [1.807, 2.05) is 29.6 Å². The van der Waals surface area contributed by atoms with E-state index in [0.29, 0.717) is 16.7 Å². The van der Waals surface area contributed by atoms with E-state index >= 15 is 0 Å². The third kappa shape index (κ3) is 3.56. The van der Waals surface area contributed by atoms with Gasteiger partial charge in [0.2, 0.25) is 0 Å². The summed E-state index contributed by atoms with van der Waals surface area (Å²) in [7, 11) is 0. The topological polar surface area (TPSA) is 53.2 Å². The number of hydrogen-bond acceptors (Lipinski definition) is 3. The molecule has 0 atom stereocenters. The molecule has 0 saturated heterocycles. The monoisotopic (exact) mass is 333 g/mol. The summed E-state index contributed by atoms with van der Waals surface area (Å²) in [6.07, 6.45) is 6.08. The van der Waals surface area contributed by atoms with Crippen molar-refractivity contribution in [1.82, 2.24) is 16.2 Å². The molecule has 3 N–H and O–H groups in total. The second kappa shape index (κ2) is 7.07. The number of hydrazine groups is 1. The molecule has 3 rings (SSSR count). The first-order chi connectivity index (χ1) is 10.7. The van der Waals surface area contributed by atoms with Gasteiger partial charge in [-0.1, -0.05) is 37.5 Å². The Morgan fingerprint density at radius 3 is 2.73 bits per heavy atom. The minimum absolute atomic E-state index is 0.162. The van der Waals surface area contributed by atoms with E-state index in [0.717, 1.165) is 22.9 Å². The van der Waals surface area contributed by atoms with Crippen molar-refractivity contribution in [3.8, 4) is 0 Å². The molecule has 1 fully saturated rings. The molecule has 0 unspecified atom stereocenters. The average Bonchev–Trinajstić information content (AvgIpc) is 2.98. The largest absolute Gasteiger partial charge is 0.359 e. The van der Waals surface area contributed by atoms with E-state index in [4.69, 9.17) is 12.2 Å². The minimum Gasteiger partial charge on any atom is -0.359 e. The third-order valence-electron chi connectivity index (χ3n) is 3.96. The summed E-state index contributed by atoms with van der Waals surface area (Å²) in [5, 5.41) is 6.60. The lowest BCUT2D eigenvalue weighted by Crippen LogP contribution is -2.50. The fourth-order valence-electron chi connectivity index (χ4n) is 2.80. The van der Waals surface area contributed by atoms with Gasteiger partial charge in [0.15, 0.2) is 5.11 Å². The summed E-state index contributed by atoms with van der Waals surface area (Å²) in [5.74, 6) is -0.162. The number of carbonyl (C=O) groups excluding carboxylic acids is 1. The zero-order valence-corrected chi connectivity index (χ0v) is 13.9. The molecule has 1 aromatic heterocycles. The smallest absolute Gasteiger partial charge is 0.271 e. The van der Waals surface area contributed by atoms with Gasteiger partial charge in [-0.15, -0.1) is 11.3 Å². The number of benzene rings is 1. The quantitative estimate of drug-likeness (QED) is 0.583. The first-order valence-electron chi connectivity index (χ1n) is 7.57. The van der Waals surface area contributed by atoms with Crippen molar-refractivity contribution >= 4 is 44.7 Å². The Kier molecular flexibility index (Phi) is 4.90. The summed E-state index contributed by atoms with van der Waals surface area (Å²) in [6.45, 7) is 0. The molecule has 2 aromatic rings. The molecule has 0 aliphatic heterocycles. The maximum Gasteiger partial charge on any atom is 0.271 e. The maximum absolute atomic E-state index is 12.3. The highest BCUT2D eigenvalue weighted by Crippen LogP contribution is 2.25. The van der Waals surface area contributed by atoms with Crippen LogP contribution >= 0.6 is 23.6 Å². The van der Waals surface area contributed by atoms with Crippen LogP contribution in [0.1, 0.15) is 42.5 Å². The van der Waals surface area contributed by atoms with Gasteiger partial charge in [-0.05, 0) is 31.1 Å². The Morgan fingerprint density at radius 2 is 1.91 bits per heavy atom. The normalized spacial score (nSPS) is 15.5. The van der Waals surface area contributed by atoms with Gasteiger partial charge in [0, 0.05) is 21.5 Å². The van der Waals surface area contributed by atoms with Crippen molar-refractivity contribution in [3.05, 3.63) is 35.2 Å². The number of thiocarbonyl (C=S) groups is 1.